The molecule has 0 radical (unpaired) electrons. The van der Waals surface area contributed by atoms with E-state index >= 15 is 0 Å². The van der Waals surface area contributed by atoms with Crippen LogP contribution in [0.1, 0.15) is 56.7 Å². The van der Waals surface area contributed by atoms with Crippen molar-refractivity contribution in [2.45, 2.75) is 57.0 Å². The van der Waals surface area contributed by atoms with Crippen LogP contribution in [-0.4, -0.2) is 25.3 Å². The predicted molar refractivity (Wildman–Crippen MR) is 93.2 cm³/mol. The summed E-state index contributed by atoms with van der Waals surface area (Å²) >= 11 is 0. The second-order valence-corrected chi connectivity index (χ2v) is 9.41. The molecule has 1 atom stereocenters. The summed E-state index contributed by atoms with van der Waals surface area (Å²) in [5, 5.41) is 2.12. The quantitative estimate of drug-likeness (QED) is 0.801. The number of rotatable bonds is 6. The lowest BCUT2D eigenvalue weighted by Crippen LogP contribution is -2.38. The van der Waals surface area contributed by atoms with Crippen LogP contribution < -0.4 is 5.32 Å². The van der Waals surface area contributed by atoms with E-state index in [0.717, 1.165) is 25.0 Å². The number of hydrogen-bond donors (Lipinski definition) is 1. The molecule has 4 nitrogen and oxygen atoms in total. The predicted octanol–water partition coefficient (Wildman–Crippen LogP) is 3.88. The topological polar surface area (TPSA) is 63.2 Å². The van der Waals surface area contributed by atoms with E-state index in [0.29, 0.717) is 18.4 Å². The third-order valence-electron chi connectivity index (χ3n) is 4.70. The highest BCUT2D eigenvalue weighted by atomic mass is 32.2. The Morgan fingerprint density at radius 2 is 1.85 bits per heavy atom. The lowest BCUT2D eigenvalue weighted by Gasteiger charge is -2.24. The second kappa shape index (κ2) is 7.98. The van der Waals surface area contributed by atoms with Gasteiger partial charge >= 0.3 is 6.18 Å². The van der Waals surface area contributed by atoms with Gasteiger partial charge < -0.3 is 5.32 Å². The second-order valence-electron chi connectivity index (χ2n) is 7.13. The summed E-state index contributed by atoms with van der Waals surface area (Å²) in [7, 11) is -3.54. The zero-order valence-electron chi connectivity index (χ0n) is 14.8. The van der Waals surface area contributed by atoms with Crippen LogP contribution in [0.3, 0.4) is 0 Å². The van der Waals surface area contributed by atoms with Crippen LogP contribution in [0.25, 0.3) is 0 Å². The number of hydrogen-bond acceptors (Lipinski definition) is 3. The van der Waals surface area contributed by atoms with Crippen LogP contribution in [0.4, 0.5) is 13.2 Å². The molecule has 1 fully saturated rings. The molecule has 2 rings (SSSR count). The average Bonchev–Trinajstić information content (AvgIpc) is 3.06. The monoisotopic (exact) mass is 391 g/mol. The molecule has 1 saturated carbocycles. The summed E-state index contributed by atoms with van der Waals surface area (Å²) in [4.78, 5) is 12.3. The van der Waals surface area contributed by atoms with Gasteiger partial charge in [0.25, 0.3) is 0 Å². The van der Waals surface area contributed by atoms with Crippen molar-refractivity contribution in [3.63, 3.8) is 0 Å². The molecule has 0 aliphatic heterocycles. The molecule has 0 heterocycles. The van der Waals surface area contributed by atoms with E-state index < -0.39 is 44.5 Å². The SMILES string of the molecule is CC(C)C(NC(=O)CS(=O)(=O)C1CCCC1)c1cccc(C(F)(F)F)c1. The van der Waals surface area contributed by atoms with E-state index in [1.165, 1.54) is 12.1 Å². The van der Waals surface area contributed by atoms with Crippen molar-refractivity contribution in [2.75, 3.05) is 5.75 Å². The highest BCUT2D eigenvalue weighted by Crippen LogP contribution is 2.32. The van der Waals surface area contributed by atoms with Gasteiger partial charge in [0.15, 0.2) is 9.84 Å². The summed E-state index contributed by atoms with van der Waals surface area (Å²) in [6.45, 7) is 3.52. The molecule has 146 valence electrons. The van der Waals surface area contributed by atoms with Gasteiger partial charge in [0.1, 0.15) is 5.75 Å². The fraction of sp³-hybridized carbons (Fsp3) is 0.611. The molecule has 0 saturated heterocycles. The zero-order chi connectivity index (χ0) is 19.5. The molecule has 1 N–H and O–H groups in total. The van der Waals surface area contributed by atoms with Crippen molar-refractivity contribution < 1.29 is 26.4 Å². The summed E-state index contributed by atoms with van der Waals surface area (Å²) in [5.41, 5.74) is -0.491. The first-order valence-corrected chi connectivity index (χ1v) is 10.4. The standard InChI is InChI=1S/C18H24F3NO3S/c1-12(2)17(13-6-5-7-14(10-13)18(19,20)21)22-16(23)11-26(24,25)15-8-3-4-9-15/h5-7,10,12,15,17H,3-4,8-9,11H2,1-2H3,(H,22,23). The van der Waals surface area contributed by atoms with E-state index in [1.807, 2.05) is 0 Å². The van der Waals surface area contributed by atoms with Gasteiger partial charge in [0.2, 0.25) is 5.91 Å². The maximum absolute atomic E-state index is 12.9. The summed E-state index contributed by atoms with van der Waals surface area (Å²) in [5.74, 6) is -1.50. The van der Waals surface area contributed by atoms with Gasteiger partial charge in [-0.1, -0.05) is 38.8 Å². The average molecular weight is 391 g/mol. The van der Waals surface area contributed by atoms with Gasteiger partial charge in [-0.3, -0.25) is 4.79 Å². The van der Waals surface area contributed by atoms with Crippen molar-refractivity contribution in [3.05, 3.63) is 35.4 Å². The molecule has 8 heteroatoms. The van der Waals surface area contributed by atoms with Crippen LogP contribution >= 0.6 is 0 Å². The Bertz CT molecular complexity index is 738. The minimum Gasteiger partial charge on any atom is -0.348 e. The molecular formula is C18H24F3NO3S. The number of halogens is 3. The highest BCUT2D eigenvalue weighted by Gasteiger charge is 2.33. The largest absolute Gasteiger partial charge is 0.416 e. The maximum atomic E-state index is 12.9. The molecule has 1 aliphatic carbocycles. The number of carbonyl (C=O) groups is 1. The summed E-state index contributed by atoms with van der Waals surface area (Å²) < 4.78 is 63.4. The van der Waals surface area contributed by atoms with E-state index in [9.17, 15) is 26.4 Å². The fourth-order valence-electron chi connectivity index (χ4n) is 3.31. The number of alkyl halides is 3. The minimum absolute atomic E-state index is 0.198. The molecule has 1 unspecified atom stereocenters. The lowest BCUT2D eigenvalue weighted by atomic mass is 9.94. The van der Waals surface area contributed by atoms with Gasteiger partial charge in [-0.15, -0.1) is 0 Å². The summed E-state index contributed by atoms with van der Waals surface area (Å²) in [6, 6.07) is 4.06. The molecule has 1 aromatic rings. The van der Waals surface area contributed by atoms with Gasteiger partial charge in [-0.05, 0) is 36.5 Å². The fourth-order valence-corrected chi connectivity index (χ4v) is 5.04. The lowest BCUT2D eigenvalue weighted by molar-refractivity contribution is -0.137. The smallest absolute Gasteiger partial charge is 0.348 e. The Hall–Kier alpha value is -1.57. The van der Waals surface area contributed by atoms with Crippen molar-refractivity contribution in [3.8, 4) is 0 Å². The number of amides is 1. The number of nitrogens with one attached hydrogen (secondary N) is 1. The third-order valence-corrected chi connectivity index (χ3v) is 6.85. The van der Waals surface area contributed by atoms with Crippen LogP contribution in [0.2, 0.25) is 0 Å². The van der Waals surface area contributed by atoms with Gasteiger partial charge in [-0.25, -0.2) is 8.42 Å². The minimum atomic E-state index is -4.48. The van der Waals surface area contributed by atoms with Gasteiger partial charge in [-0.2, -0.15) is 13.2 Å². The molecule has 1 aromatic carbocycles. The summed E-state index contributed by atoms with van der Waals surface area (Å²) in [6.07, 6.45) is -1.67. The molecule has 1 amide bonds. The van der Waals surface area contributed by atoms with Crippen LogP contribution in [0.15, 0.2) is 24.3 Å². The van der Waals surface area contributed by atoms with Gasteiger partial charge in [0, 0.05) is 0 Å². The van der Waals surface area contributed by atoms with E-state index in [1.54, 1.807) is 13.8 Å². The van der Waals surface area contributed by atoms with Crippen LogP contribution in [-0.2, 0) is 20.8 Å². The Balaban J connectivity index is 2.14. The highest BCUT2D eigenvalue weighted by molar-refractivity contribution is 7.92. The Labute approximate surface area is 152 Å². The number of benzene rings is 1. The normalized spacial score (nSPS) is 17.5. The zero-order valence-corrected chi connectivity index (χ0v) is 15.7. The molecule has 26 heavy (non-hydrogen) atoms. The van der Waals surface area contributed by atoms with Crippen LogP contribution in [0.5, 0.6) is 0 Å². The third kappa shape index (κ3) is 5.22. The first kappa shape index (κ1) is 20.7. The van der Waals surface area contributed by atoms with Crippen molar-refractivity contribution in [2.24, 2.45) is 5.92 Å². The molecule has 0 bridgehead atoms. The molecule has 1 aliphatic rings. The van der Waals surface area contributed by atoms with Crippen molar-refractivity contribution >= 4 is 15.7 Å². The number of sulfone groups is 1. The Kier molecular flexibility index (Phi) is 6.37. The first-order chi connectivity index (χ1) is 12.0. The maximum Gasteiger partial charge on any atom is 0.416 e. The van der Waals surface area contributed by atoms with E-state index in [-0.39, 0.29) is 5.92 Å². The van der Waals surface area contributed by atoms with Crippen molar-refractivity contribution in [1.82, 2.24) is 5.32 Å². The first-order valence-electron chi connectivity index (χ1n) is 8.69. The molecule has 0 aromatic heterocycles. The van der Waals surface area contributed by atoms with E-state index in [4.69, 9.17) is 0 Å². The Morgan fingerprint density at radius 3 is 2.38 bits per heavy atom. The molecular weight excluding hydrogens is 367 g/mol. The number of carbonyl (C=O) groups excluding carboxylic acids is 1. The van der Waals surface area contributed by atoms with E-state index in [2.05, 4.69) is 5.32 Å². The van der Waals surface area contributed by atoms with Crippen LogP contribution in [0, 0.1) is 5.92 Å². The Morgan fingerprint density at radius 1 is 1.23 bits per heavy atom. The van der Waals surface area contributed by atoms with Crippen molar-refractivity contribution in [1.29, 1.82) is 0 Å². The van der Waals surface area contributed by atoms with Gasteiger partial charge in [0.05, 0.1) is 16.9 Å². The molecule has 0 spiro atoms.